The normalized spacial score (nSPS) is 19.3. The largest absolute Gasteiger partial charge is 0.454 e. The van der Waals surface area contributed by atoms with Gasteiger partial charge in [0.25, 0.3) is 5.91 Å². The average molecular weight is 497 g/mol. The van der Waals surface area contributed by atoms with Gasteiger partial charge in [0.05, 0.1) is 25.0 Å². The van der Waals surface area contributed by atoms with Crippen LogP contribution in [0.1, 0.15) is 30.5 Å². The Morgan fingerprint density at radius 3 is 2.67 bits per heavy atom. The minimum absolute atomic E-state index is 0.116. The molecule has 0 bridgehead atoms. The number of morpholine rings is 1. The van der Waals surface area contributed by atoms with E-state index in [9.17, 15) is 14.0 Å². The summed E-state index contributed by atoms with van der Waals surface area (Å²) in [6, 6.07) is 11.4. The number of halogens is 1. The molecule has 0 radical (unpaired) electrons. The lowest BCUT2D eigenvalue weighted by Gasteiger charge is -2.30. The second-order valence-corrected chi connectivity index (χ2v) is 8.99. The lowest BCUT2D eigenvalue weighted by molar-refractivity contribution is -0.140. The predicted molar refractivity (Wildman–Crippen MR) is 129 cm³/mol. The summed E-state index contributed by atoms with van der Waals surface area (Å²) in [6.45, 7) is 5.49. The van der Waals surface area contributed by atoms with Crippen molar-refractivity contribution in [2.24, 2.45) is 5.10 Å². The van der Waals surface area contributed by atoms with Crippen molar-refractivity contribution >= 4 is 17.5 Å². The maximum absolute atomic E-state index is 14.6. The summed E-state index contributed by atoms with van der Waals surface area (Å²) in [5, 5.41) is 5.94. The highest BCUT2D eigenvalue weighted by Crippen LogP contribution is 2.39. The van der Waals surface area contributed by atoms with Crippen LogP contribution in [0.15, 0.2) is 47.6 Å². The zero-order chi connectivity index (χ0) is 25.1. The van der Waals surface area contributed by atoms with Crippen LogP contribution in [0.4, 0.5) is 4.39 Å². The molecule has 2 aromatic carbocycles. The molecule has 5 rings (SSSR count). The van der Waals surface area contributed by atoms with Crippen molar-refractivity contribution in [2.75, 3.05) is 52.7 Å². The second kappa shape index (κ2) is 10.6. The third-order valence-electron chi connectivity index (χ3n) is 6.69. The number of hydrogen-bond acceptors (Lipinski definition) is 7. The molecule has 1 fully saturated rings. The van der Waals surface area contributed by atoms with Crippen LogP contribution in [0.5, 0.6) is 11.5 Å². The Morgan fingerprint density at radius 2 is 1.89 bits per heavy atom. The molecule has 3 aliphatic rings. The Labute approximate surface area is 209 Å². The van der Waals surface area contributed by atoms with Gasteiger partial charge in [0.1, 0.15) is 12.4 Å². The molecule has 3 aliphatic heterocycles. The Balaban J connectivity index is 1.37. The number of rotatable bonds is 7. The summed E-state index contributed by atoms with van der Waals surface area (Å²) in [4.78, 5) is 29.7. The summed E-state index contributed by atoms with van der Waals surface area (Å²) in [7, 11) is 0. The molecule has 1 atom stereocenters. The number of hydrogen-bond donors (Lipinski definition) is 0. The number of benzene rings is 2. The summed E-state index contributed by atoms with van der Waals surface area (Å²) in [6.07, 6.45) is 0.333. The molecule has 2 aromatic rings. The number of amides is 2. The summed E-state index contributed by atoms with van der Waals surface area (Å²) in [5.41, 5.74) is 1.63. The fraction of sp³-hybridized carbons (Fsp3) is 0.423. The van der Waals surface area contributed by atoms with Crippen LogP contribution in [0.2, 0.25) is 0 Å². The Hall–Kier alpha value is -3.50. The zero-order valence-electron chi connectivity index (χ0n) is 20.2. The van der Waals surface area contributed by atoms with E-state index in [1.165, 1.54) is 22.9 Å². The van der Waals surface area contributed by atoms with Crippen molar-refractivity contribution in [3.63, 3.8) is 0 Å². The van der Waals surface area contributed by atoms with Crippen LogP contribution >= 0.6 is 0 Å². The van der Waals surface area contributed by atoms with Crippen LogP contribution in [-0.4, -0.2) is 85.1 Å². The van der Waals surface area contributed by atoms with E-state index in [0.717, 1.165) is 18.7 Å². The lowest BCUT2D eigenvalue weighted by Crippen LogP contribution is -2.45. The first-order chi connectivity index (χ1) is 17.5. The standard InChI is InChI=1S/C26H29FN4O5/c1-18(32)30(9-8-29-10-12-34-13-11-29)16-26(33)31-23(19-6-7-24-25(14-19)36-17-35-24)15-22(28-31)20-4-2-3-5-21(20)27/h2-7,14,23H,8-13,15-17H2,1H3. The Bertz CT molecular complexity index is 1170. The number of ether oxygens (including phenoxy) is 3. The van der Waals surface area contributed by atoms with Crippen molar-refractivity contribution in [3.8, 4) is 11.5 Å². The van der Waals surface area contributed by atoms with Crippen molar-refractivity contribution in [2.45, 2.75) is 19.4 Å². The number of carbonyl (C=O) groups excluding carboxylic acids is 2. The SMILES string of the molecule is CC(=O)N(CCN1CCOCC1)CC(=O)N1N=C(c2ccccc2F)CC1c1ccc2c(c1)OCO2. The minimum atomic E-state index is -0.463. The van der Waals surface area contributed by atoms with Gasteiger partial charge in [0.2, 0.25) is 12.7 Å². The van der Waals surface area contributed by atoms with E-state index in [2.05, 4.69) is 10.0 Å². The fourth-order valence-corrected chi connectivity index (χ4v) is 4.65. The van der Waals surface area contributed by atoms with Crippen molar-refractivity contribution in [1.82, 2.24) is 14.8 Å². The van der Waals surface area contributed by atoms with Crippen molar-refractivity contribution in [3.05, 3.63) is 59.4 Å². The van der Waals surface area contributed by atoms with Crippen LogP contribution < -0.4 is 9.47 Å². The minimum Gasteiger partial charge on any atom is -0.454 e. The quantitative estimate of drug-likeness (QED) is 0.586. The molecule has 0 N–H and O–H groups in total. The van der Waals surface area contributed by atoms with E-state index in [1.54, 1.807) is 24.3 Å². The van der Waals surface area contributed by atoms with E-state index < -0.39 is 11.9 Å². The topological polar surface area (TPSA) is 83.9 Å². The van der Waals surface area contributed by atoms with Gasteiger partial charge in [-0.25, -0.2) is 9.40 Å². The van der Waals surface area contributed by atoms with Crippen LogP contribution in [0, 0.1) is 5.82 Å². The van der Waals surface area contributed by atoms with Gasteiger partial charge < -0.3 is 19.1 Å². The van der Waals surface area contributed by atoms with Gasteiger partial charge in [0.15, 0.2) is 11.5 Å². The van der Waals surface area contributed by atoms with Gasteiger partial charge in [-0.15, -0.1) is 0 Å². The van der Waals surface area contributed by atoms with Crippen LogP contribution in [-0.2, 0) is 14.3 Å². The van der Waals surface area contributed by atoms with Gasteiger partial charge >= 0.3 is 0 Å². The zero-order valence-corrected chi connectivity index (χ0v) is 20.2. The maximum atomic E-state index is 14.6. The molecular weight excluding hydrogens is 467 g/mol. The molecule has 36 heavy (non-hydrogen) atoms. The van der Waals surface area contributed by atoms with Crippen LogP contribution in [0.25, 0.3) is 0 Å². The Kier molecular flexibility index (Phi) is 7.15. The van der Waals surface area contributed by atoms with E-state index >= 15 is 0 Å². The molecule has 1 saturated heterocycles. The molecule has 3 heterocycles. The monoisotopic (exact) mass is 496 g/mol. The molecule has 0 aliphatic carbocycles. The lowest BCUT2D eigenvalue weighted by atomic mass is 9.97. The fourth-order valence-electron chi connectivity index (χ4n) is 4.65. The van der Waals surface area contributed by atoms with Gasteiger partial charge in [-0.3, -0.25) is 14.5 Å². The highest BCUT2D eigenvalue weighted by Gasteiger charge is 2.35. The van der Waals surface area contributed by atoms with Gasteiger partial charge in [0, 0.05) is 45.1 Å². The molecular formula is C26H29FN4O5. The van der Waals surface area contributed by atoms with E-state index in [4.69, 9.17) is 14.2 Å². The van der Waals surface area contributed by atoms with Gasteiger partial charge in [-0.05, 0) is 23.8 Å². The first kappa shape index (κ1) is 24.2. The highest BCUT2D eigenvalue weighted by atomic mass is 19.1. The third-order valence-corrected chi connectivity index (χ3v) is 6.69. The molecule has 10 heteroatoms. The van der Waals surface area contributed by atoms with E-state index in [0.29, 0.717) is 55.5 Å². The maximum Gasteiger partial charge on any atom is 0.262 e. The summed E-state index contributed by atoms with van der Waals surface area (Å²) in [5.74, 6) is 0.312. The highest BCUT2D eigenvalue weighted by molar-refractivity contribution is 6.03. The van der Waals surface area contributed by atoms with Crippen LogP contribution in [0.3, 0.4) is 0 Å². The van der Waals surface area contributed by atoms with E-state index in [-0.39, 0.29) is 25.2 Å². The molecule has 0 spiro atoms. The molecule has 9 nitrogen and oxygen atoms in total. The first-order valence-corrected chi connectivity index (χ1v) is 12.1. The number of fused-ring (bicyclic) bond motifs is 1. The Morgan fingerprint density at radius 1 is 1.11 bits per heavy atom. The van der Waals surface area contributed by atoms with E-state index in [1.807, 2.05) is 12.1 Å². The number of carbonyl (C=O) groups is 2. The average Bonchev–Trinajstić information content (AvgIpc) is 3.54. The predicted octanol–water partition coefficient (Wildman–Crippen LogP) is 2.41. The molecule has 190 valence electrons. The number of hydrazone groups is 1. The van der Waals surface area contributed by atoms with Crippen molar-refractivity contribution < 1.29 is 28.2 Å². The smallest absolute Gasteiger partial charge is 0.262 e. The van der Waals surface area contributed by atoms with Gasteiger partial charge in [-0.2, -0.15) is 5.10 Å². The molecule has 1 unspecified atom stereocenters. The first-order valence-electron chi connectivity index (χ1n) is 12.1. The molecule has 0 aromatic heterocycles. The van der Waals surface area contributed by atoms with Crippen molar-refractivity contribution in [1.29, 1.82) is 0 Å². The summed E-state index contributed by atoms with van der Waals surface area (Å²) < 4.78 is 30.9. The molecule has 2 amide bonds. The van der Waals surface area contributed by atoms with Gasteiger partial charge in [-0.1, -0.05) is 24.3 Å². The summed E-state index contributed by atoms with van der Waals surface area (Å²) >= 11 is 0. The molecule has 0 saturated carbocycles. The third kappa shape index (κ3) is 5.19. The second-order valence-electron chi connectivity index (χ2n) is 8.99. The number of nitrogens with zero attached hydrogens (tertiary/aromatic N) is 4.